The average Bonchev–Trinajstić information content (AvgIpc) is 2.71. The second kappa shape index (κ2) is 6.87. The van der Waals surface area contributed by atoms with Gasteiger partial charge >= 0.3 is 0 Å². The molecule has 1 saturated heterocycles. The van der Waals surface area contributed by atoms with Crippen molar-refractivity contribution in [3.8, 4) is 0 Å². The number of benzene rings is 1. The van der Waals surface area contributed by atoms with Gasteiger partial charge in [-0.1, -0.05) is 36.4 Å². The summed E-state index contributed by atoms with van der Waals surface area (Å²) in [6.45, 7) is 4.21. The highest BCUT2D eigenvalue weighted by atomic mass is 16.3. The van der Waals surface area contributed by atoms with Crippen LogP contribution in [-0.4, -0.2) is 41.2 Å². The molecule has 2 aromatic rings. The Balaban J connectivity index is 1.63. The van der Waals surface area contributed by atoms with Gasteiger partial charge in [0.1, 0.15) is 5.60 Å². The second-order valence-electron chi connectivity index (χ2n) is 7.38. The summed E-state index contributed by atoms with van der Waals surface area (Å²) in [5, 5.41) is 14.7. The molecule has 2 fully saturated rings. The molecule has 0 radical (unpaired) electrons. The predicted molar refractivity (Wildman–Crippen MR) is 99.2 cm³/mol. The lowest BCUT2D eigenvalue weighted by Gasteiger charge is -2.51. The van der Waals surface area contributed by atoms with Crippen LogP contribution in [0, 0.1) is 0 Å². The van der Waals surface area contributed by atoms with Crippen LogP contribution in [-0.2, 0) is 11.1 Å². The van der Waals surface area contributed by atoms with Gasteiger partial charge in [-0.15, -0.1) is 0 Å². The summed E-state index contributed by atoms with van der Waals surface area (Å²) in [7, 11) is 0. The standard InChI is InChI=1S/C21H27N3O/c25-21(19-8-4-5-13-23-19)11-9-20(10-12-21,18-6-2-1-3-7-18)24-16-14-22-15-17-24/h1-8,13,22,25H,9-12,14-17H2. The van der Waals surface area contributed by atoms with Gasteiger partial charge in [0.25, 0.3) is 0 Å². The first kappa shape index (κ1) is 16.7. The SMILES string of the molecule is OC1(c2ccccn2)CCC(c2ccccc2)(N2CCNCC2)CC1. The zero-order valence-corrected chi connectivity index (χ0v) is 14.7. The maximum Gasteiger partial charge on any atom is 0.107 e. The topological polar surface area (TPSA) is 48.4 Å². The summed E-state index contributed by atoms with van der Waals surface area (Å²) in [5.41, 5.74) is 1.44. The molecule has 1 aliphatic carbocycles. The number of hydrogen-bond donors (Lipinski definition) is 2. The molecule has 1 aromatic carbocycles. The van der Waals surface area contributed by atoms with Crippen molar-refractivity contribution in [2.24, 2.45) is 0 Å². The molecule has 4 nitrogen and oxygen atoms in total. The molecule has 0 spiro atoms. The monoisotopic (exact) mass is 337 g/mol. The maximum absolute atomic E-state index is 11.2. The zero-order chi connectivity index (χ0) is 17.2. The fourth-order valence-corrected chi connectivity index (χ4v) is 4.60. The van der Waals surface area contributed by atoms with Gasteiger partial charge in [-0.05, 0) is 43.4 Å². The Hall–Kier alpha value is -1.75. The summed E-state index contributed by atoms with van der Waals surface area (Å²) in [4.78, 5) is 7.07. The Labute approximate surface area is 149 Å². The third-order valence-electron chi connectivity index (χ3n) is 6.08. The molecule has 2 heterocycles. The number of nitrogens with one attached hydrogen (secondary N) is 1. The van der Waals surface area contributed by atoms with Crippen molar-refractivity contribution in [2.45, 2.75) is 36.8 Å². The summed E-state index contributed by atoms with van der Waals surface area (Å²) < 4.78 is 0. The molecule has 1 saturated carbocycles. The highest BCUT2D eigenvalue weighted by molar-refractivity contribution is 5.27. The van der Waals surface area contributed by atoms with Gasteiger partial charge in [0.15, 0.2) is 0 Å². The number of rotatable bonds is 3. The lowest BCUT2D eigenvalue weighted by Crippen LogP contribution is -2.57. The lowest BCUT2D eigenvalue weighted by molar-refractivity contribution is -0.0679. The highest BCUT2D eigenvalue weighted by Gasteiger charge is 2.47. The van der Waals surface area contributed by atoms with E-state index in [4.69, 9.17) is 0 Å². The lowest BCUT2D eigenvalue weighted by atomic mass is 9.68. The van der Waals surface area contributed by atoms with E-state index in [0.29, 0.717) is 0 Å². The molecule has 4 rings (SSSR count). The fraction of sp³-hybridized carbons (Fsp3) is 0.476. The zero-order valence-electron chi connectivity index (χ0n) is 14.7. The Morgan fingerprint density at radius 1 is 0.880 bits per heavy atom. The normalized spacial score (nSPS) is 30.9. The van der Waals surface area contributed by atoms with E-state index in [1.54, 1.807) is 6.20 Å². The number of piperazine rings is 1. The molecule has 0 atom stereocenters. The highest BCUT2D eigenvalue weighted by Crippen LogP contribution is 2.48. The van der Waals surface area contributed by atoms with Crippen molar-refractivity contribution in [2.75, 3.05) is 26.2 Å². The van der Waals surface area contributed by atoms with Crippen molar-refractivity contribution in [1.82, 2.24) is 15.2 Å². The quantitative estimate of drug-likeness (QED) is 0.904. The third-order valence-corrected chi connectivity index (χ3v) is 6.08. The molecule has 1 aromatic heterocycles. The summed E-state index contributed by atoms with van der Waals surface area (Å²) in [6, 6.07) is 16.7. The Morgan fingerprint density at radius 2 is 1.56 bits per heavy atom. The Morgan fingerprint density at radius 3 is 2.20 bits per heavy atom. The van der Waals surface area contributed by atoms with E-state index >= 15 is 0 Å². The number of pyridine rings is 1. The van der Waals surface area contributed by atoms with Crippen molar-refractivity contribution < 1.29 is 5.11 Å². The first-order valence-corrected chi connectivity index (χ1v) is 9.38. The van der Waals surface area contributed by atoms with E-state index in [2.05, 4.69) is 45.5 Å². The van der Waals surface area contributed by atoms with Crippen LogP contribution >= 0.6 is 0 Å². The van der Waals surface area contributed by atoms with Crippen LogP contribution in [0.2, 0.25) is 0 Å². The molecule has 4 heteroatoms. The van der Waals surface area contributed by atoms with E-state index in [1.807, 2.05) is 18.2 Å². The minimum atomic E-state index is -0.798. The molecule has 25 heavy (non-hydrogen) atoms. The molecule has 0 amide bonds. The van der Waals surface area contributed by atoms with Crippen molar-refractivity contribution in [1.29, 1.82) is 0 Å². The van der Waals surface area contributed by atoms with Crippen LogP contribution in [0.25, 0.3) is 0 Å². The molecule has 1 aliphatic heterocycles. The van der Waals surface area contributed by atoms with Crippen LogP contribution in [0.15, 0.2) is 54.7 Å². The largest absolute Gasteiger partial charge is 0.384 e. The molecule has 0 unspecified atom stereocenters. The van der Waals surface area contributed by atoms with Gasteiger partial charge in [0.2, 0.25) is 0 Å². The van der Waals surface area contributed by atoms with Gasteiger partial charge in [-0.25, -0.2) is 0 Å². The van der Waals surface area contributed by atoms with Crippen molar-refractivity contribution >= 4 is 0 Å². The third kappa shape index (κ3) is 3.10. The van der Waals surface area contributed by atoms with Gasteiger partial charge < -0.3 is 10.4 Å². The smallest absolute Gasteiger partial charge is 0.107 e. The van der Waals surface area contributed by atoms with Crippen LogP contribution in [0.5, 0.6) is 0 Å². The van der Waals surface area contributed by atoms with Gasteiger partial charge in [0, 0.05) is 37.9 Å². The molecular formula is C21H27N3O. The predicted octanol–water partition coefficient (Wildman–Crippen LogP) is 2.64. The van der Waals surface area contributed by atoms with E-state index in [-0.39, 0.29) is 5.54 Å². The minimum Gasteiger partial charge on any atom is -0.384 e. The number of aromatic nitrogens is 1. The molecule has 2 N–H and O–H groups in total. The Kier molecular flexibility index (Phi) is 4.59. The van der Waals surface area contributed by atoms with Crippen molar-refractivity contribution in [3.63, 3.8) is 0 Å². The summed E-state index contributed by atoms with van der Waals surface area (Å²) in [5.74, 6) is 0. The van der Waals surface area contributed by atoms with Crippen LogP contribution in [0.4, 0.5) is 0 Å². The average molecular weight is 337 g/mol. The van der Waals surface area contributed by atoms with Crippen LogP contribution in [0.1, 0.15) is 36.9 Å². The summed E-state index contributed by atoms with van der Waals surface area (Å²) in [6.07, 6.45) is 5.21. The van der Waals surface area contributed by atoms with E-state index < -0.39 is 5.60 Å². The van der Waals surface area contributed by atoms with Gasteiger partial charge in [-0.2, -0.15) is 0 Å². The first-order valence-electron chi connectivity index (χ1n) is 9.38. The fourth-order valence-electron chi connectivity index (χ4n) is 4.60. The number of nitrogens with zero attached hydrogens (tertiary/aromatic N) is 2. The molecule has 0 bridgehead atoms. The molecular weight excluding hydrogens is 310 g/mol. The van der Waals surface area contributed by atoms with E-state index in [0.717, 1.165) is 57.6 Å². The van der Waals surface area contributed by atoms with E-state index in [1.165, 1.54) is 5.56 Å². The molecule has 2 aliphatic rings. The first-order chi connectivity index (χ1) is 12.2. The van der Waals surface area contributed by atoms with Gasteiger partial charge in [0.05, 0.1) is 5.69 Å². The van der Waals surface area contributed by atoms with Crippen molar-refractivity contribution in [3.05, 3.63) is 66.0 Å². The number of hydrogen-bond acceptors (Lipinski definition) is 4. The maximum atomic E-state index is 11.2. The van der Waals surface area contributed by atoms with Crippen LogP contribution in [0.3, 0.4) is 0 Å². The second-order valence-corrected chi connectivity index (χ2v) is 7.38. The summed E-state index contributed by atoms with van der Waals surface area (Å²) >= 11 is 0. The minimum absolute atomic E-state index is 0.0321. The van der Waals surface area contributed by atoms with E-state index in [9.17, 15) is 5.11 Å². The number of aliphatic hydroxyl groups is 1. The van der Waals surface area contributed by atoms with Gasteiger partial charge in [-0.3, -0.25) is 9.88 Å². The van der Waals surface area contributed by atoms with Crippen LogP contribution < -0.4 is 5.32 Å². The molecule has 132 valence electrons. The Bertz CT molecular complexity index is 675.